The molecule has 0 unspecified atom stereocenters. The Morgan fingerprint density at radius 2 is 1.77 bits per heavy atom. The molecule has 1 fully saturated rings. The van der Waals surface area contributed by atoms with Gasteiger partial charge in [0.25, 0.3) is 0 Å². The van der Waals surface area contributed by atoms with Gasteiger partial charge in [-0.15, -0.1) is 0 Å². The fraction of sp³-hybridized carbons (Fsp3) is 0.250. The predicted octanol–water partition coefficient (Wildman–Crippen LogP) is 1.97. The van der Waals surface area contributed by atoms with Crippen molar-refractivity contribution in [3.63, 3.8) is 0 Å². The Morgan fingerprint density at radius 3 is 2.46 bits per heavy atom. The average Bonchev–Trinajstić information content (AvgIpc) is 3.11. The molecule has 5 rings (SSSR count). The van der Waals surface area contributed by atoms with Crippen molar-refractivity contribution in [2.75, 3.05) is 26.2 Å². The van der Waals surface area contributed by atoms with Gasteiger partial charge in [0.2, 0.25) is 11.8 Å². The maximum atomic E-state index is 13.9. The summed E-state index contributed by atoms with van der Waals surface area (Å²) in [7, 11) is 4.06. The van der Waals surface area contributed by atoms with Crippen LogP contribution in [-0.2, 0) is 19.1 Å². The number of ether oxygens (including phenoxy) is 4. The first kappa shape index (κ1) is 22.8. The molecule has 3 atom stereocenters. The van der Waals surface area contributed by atoms with Crippen molar-refractivity contribution < 1.29 is 38.1 Å². The van der Waals surface area contributed by atoms with Gasteiger partial charge in [-0.1, -0.05) is 23.9 Å². The number of esters is 2. The highest BCUT2D eigenvalue weighted by molar-refractivity contribution is 8.04. The minimum Gasteiger partial charge on any atom is -0.495 e. The Hall–Kier alpha value is -3.99. The number of imide groups is 1. The van der Waals surface area contributed by atoms with E-state index < -0.39 is 40.8 Å². The number of carbonyl (C=O) groups excluding carboxylic acids is 4. The molecule has 35 heavy (non-hydrogen) atoms. The van der Waals surface area contributed by atoms with E-state index in [9.17, 15) is 19.2 Å². The van der Waals surface area contributed by atoms with E-state index in [0.717, 1.165) is 16.7 Å². The monoisotopic (exact) mass is 496 g/mol. The first-order chi connectivity index (χ1) is 16.8. The fourth-order valence-corrected chi connectivity index (χ4v) is 6.00. The quantitative estimate of drug-likeness (QED) is 0.380. The van der Waals surface area contributed by atoms with E-state index in [2.05, 4.69) is 0 Å². The number of hydrogen-bond donors (Lipinski definition) is 1. The van der Waals surface area contributed by atoms with E-state index in [1.807, 2.05) is 0 Å². The van der Waals surface area contributed by atoms with Crippen LogP contribution in [0.1, 0.15) is 21.8 Å². The summed E-state index contributed by atoms with van der Waals surface area (Å²) in [4.78, 5) is 53.5. The predicted molar refractivity (Wildman–Crippen MR) is 124 cm³/mol. The van der Waals surface area contributed by atoms with Crippen molar-refractivity contribution in [2.24, 2.45) is 11.7 Å². The standard InChI is InChI=1S/C24H20N2O8S/c1-31-13-8-7-10(23(29)33-3)9-12(13)26-21(27)16-15-11-5-4-6-14(32-2)18(11)34-24(30)17(15)20(25)35-19(16)22(26)28/h4-9,15-16,19H,25H2,1-3H3/t15-,16+,19+/m0/s1. The summed E-state index contributed by atoms with van der Waals surface area (Å²) in [6.45, 7) is 0. The molecule has 2 aromatic carbocycles. The van der Waals surface area contributed by atoms with Gasteiger partial charge in [0.1, 0.15) is 11.0 Å². The molecule has 2 N–H and O–H groups in total. The average molecular weight is 496 g/mol. The molecular formula is C24H20N2O8S. The van der Waals surface area contributed by atoms with Gasteiger partial charge in [0, 0.05) is 11.5 Å². The second kappa shape index (κ2) is 8.35. The molecule has 3 aliphatic rings. The number of thioether (sulfide) groups is 1. The van der Waals surface area contributed by atoms with Gasteiger partial charge in [-0.3, -0.25) is 9.59 Å². The number of rotatable bonds is 4. The minimum atomic E-state index is -0.944. The molecule has 3 heterocycles. The first-order valence-electron chi connectivity index (χ1n) is 10.5. The van der Waals surface area contributed by atoms with Gasteiger partial charge in [-0.25, -0.2) is 14.5 Å². The second-order valence-electron chi connectivity index (χ2n) is 7.98. The number of para-hydroxylation sites is 1. The van der Waals surface area contributed by atoms with Gasteiger partial charge in [0.05, 0.1) is 49.1 Å². The van der Waals surface area contributed by atoms with Crippen LogP contribution in [0.3, 0.4) is 0 Å². The highest BCUT2D eigenvalue weighted by Crippen LogP contribution is 2.56. The molecule has 0 aliphatic carbocycles. The van der Waals surface area contributed by atoms with Crippen LogP contribution in [0, 0.1) is 5.92 Å². The van der Waals surface area contributed by atoms with Crippen LogP contribution < -0.4 is 24.8 Å². The summed E-state index contributed by atoms with van der Waals surface area (Å²) in [5.41, 5.74) is 7.14. The zero-order valence-electron chi connectivity index (χ0n) is 18.9. The molecule has 180 valence electrons. The number of carbonyl (C=O) groups is 4. The maximum absolute atomic E-state index is 13.9. The number of amides is 2. The zero-order chi connectivity index (χ0) is 25.0. The van der Waals surface area contributed by atoms with Crippen molar-refractivity contribution in [3.05, 3.63) is 58.1 Å². The third-order valence-corrected chi connectivity index (χ3v) is 7.53. The molecule has 3 aliphatic heterocycles. The summed E-state index contributed by atoms with van der Waals surface area (Å²) in [6.07, 6.45) is 0. The van der Waals surface area contributed by atoms with Crippen molar-refractivity contribution in [3.8, 4) is 17.2 Å². The zero-order valence-corrected chi connectivity index (χ0v) is 19.7. The lowest BCUT2D eigenvalue weighted by atomic mass is 9.77. The topological polar surface area (TPSA) is 134 Å². The third kappa shape index (κ3) is 3.26. The van der Waals surface area contributed by atoms with Crippen LogP contribution in [0.5, 0.6) is 17.2 Å². The molecule has 11 heteroatoms. The van der Waals surface area contributed by atoms with E-state index in [-0.39, 0.29) is 33.4 Å². The second-order valence-corrected chi connectivity index (χ2v) is 9.16. The van der Waals surface area contributed by atoms with Gasteiger partial charge in [0.15, 0.2) is 11.5 Å². The van der Waals surface area contributed by atoms with Gasteiger partial charge in [-0.2, -0.15) is 0 Å². The lowest BCUT2D eigenvalue weighted by Crippen LogP contribution is -2.39. The minimum absolute atomic E-state index is 0.102. The maximum Gasteiger partial charge on any atom is 0.342 e. The summed E-state index contributed by atoms with van der Waals surface area (Å²) < 4.78 is 21.0. The number of methoxy groups -OCH3 is 3. The van der Waals surface area contributed by atoms with Crippen molar-refractivity contribution in [2.45, 2.75) is 11.2 Å². The van der Waals surface area contributed by atoms with Crippen molar-refractivity contribution in [1.82, 2.24) is 0 Å². The third-order valence-electron chi connectivity index (χ3n) is 6.30. The molecule has 1 saturated heterocycles. The Labute approximate surface area is 203 Å². The Balaban J connectivity index is 1.66. The molecule has 0 radical (unpaired) electrons. The highest BCUT2D eigenvalue weighted by Gasteiger charge is 2.59. The largest absolute Gasteiger partial charge is 0.495 e. The van der Waals surface area contributed by atoms with E-state index in [1.54, 1.807) is 18.2 Å². The summed E-state index contributed by atoms with van der Waals surface area (Å²) in [5, 5.41) is -0.777. The first-order valence-corrected chi connectivity index (χ1v) is 11.4. The number of fused-ring (bicyclic) bond motifs is 5. The van der Waals surface area contributed by atoms with E-state index in [1.165, 1.54) is 39.5 Å². The summed E-state index contributed by atoms with van der Waals surface area (Å²) in [6, 6.07) is 9.38. The van der Waals surface area contributed by atoms with E-state index >= 15 is 0 Å². The number of anilines is 1. The fourth-order valence-electron chi connectivity index (χ4n) is 4.76. The lowest BCUT2D eigenvalue weighted by Gasteiger charge is -2.36. The van der Waals surface area contributed by atoms with Crippen LogP contribution in [0.25, 0.3) is 0 Å². The van der Waals surface area contributed by atoms with Crippen LogP contribution in [0.4, 0.5) is 5.69 Å². The smallest absolute Gasteiger partial charge is 0.342 e. The molecule has 0 saturated carbocycles. The van der Waals surface area contributed by atoms with Crippen LogP contribution in [0.15, 0.2) is 47.0 Å². The number of hydrogen-bond acceptors (Lipinski definition) is 10. The Morgan fingerprint density at radius 1 is 1.03 bits per heavy atom. The van der Waals surface area contributed by atoms with E-state index in [4.69, 9.17) is 24.7 Å². The normalized spacial score (nSPS) is 22.8. The summed E-state index contributed by atoms with van der Waals surface area (Å²) >= 11 is 0.951. The summed E-state index contributed by atoms with van der Waals surface area (Å²) in [5.74, 6) is -3.44. The SMILES string of the molecule is COC(=O)c1ccc(OC)c(N2C(=O)[C@H]3[C@@H](SC(N)=C4C(=O)Oc5c(OC)cccc5[C@H]43)C2=O)c1. The Kier molecular flexibility index (Phi) is 5.43. The van der Waals surface area contributed by atoms with Gasteiger partial charge >= 0.3 is 11.9 Å². The number of nitrogens with two attached hydrogens (primary N) is 1. The van der Waals surface area contributed by atoms with Crippen LogP contribution in [0.2, 0.25) is 0 Å². The number of benzene rings is 2. The highest BCUT2D eigenvalue weighted by atomic mass is 32.2. The van der Waals surface area contributed by atoms with Gasteiger partial charge in [-0.05, 0) is 24.3 Å². The van der Waals surface area contributed by atoms with Gasteiger partial charge < -0.3 is 24.7 Å². The van der Waals surface area contributed by atoms with Crippen molar-refractivity contribution >= 4 is 41.2 Å². The van der Waals surface area contributed by atoms with Crippen molar-refractivity contribution in [1.29, 1.82) is 0 Å². The molecule has 0 aromatic heterocycles. The van der Waals surface area contributed by atoms with Crippen LogP contribution >= 0.6 is 11.8 Å². The van der Waals surface area contributed by atoms with Crippen LogP contribution in [-0.4, -0.2) is 50.3 Å². The molecule has 2 aromatic rings. The Bertz CT molecular complexity index is 1340. The molecule has 2 amide bonds. The molecular weight excluding hydrogens is 476 g/mol. The van der Waals surface area contributed by atoms with E-state index in [0.29, 0.717) is 11.3 Å². The molecule has 0 spiro atoms. The number of nitrogens with zero attached hydrogens (tertiary/aromatic N) is 1. The lowest BCUT2D eigenvalue weighted by molar-refractivity contribution is -0.132. The molecule has 0 bridgehead atoms. The molecule has 10 nitrogen and oxygen atoms in total.